The first-order chi connectivity index (χ1) is 13.4. The monoisotopic (exact) mass is 389 g/mol. The fourth-order valence-corrected chi connectivity index (χ4v) is 3.53. The summed E-state index contributed by atoms with van der Waals surface area (Å²) in [6.45, 7) is 4.11. The summed E-state index contributed by atoms with van der Waals surface area (Å²) in [7, 11) is 0. The second-order valence-corrected chi connectivity index (χ2v) is 7.80. The SMILES string of the molecule is CC(C)C[C@H](NC(=O)[C@@H]1CCCC[C@@H]1NC(=O)OCc1ccccc1)C(N)=O. The minimum Gasteiger partial charge on any atom is -0.445 e. The molecule has 0 aromatic heterocycles. The molecule has 1 aliphatic rings. The molecule has 7 nitrogen and oxygen atoms in total. The van der Waals surface area contributed by atoms with Crippen molar-refractivity contribution in [3.63, 3.8) is 0 Å². The zero-order valence-corrected chi connectivity index (χ0v) is 16.6. The normalized spacial score (nSPS) is 20.2. The minimum absolute atomic E-state index is 0.175. The number of benzene rings is 1. The van der Waals surface area contributed by atoms with Crippen LogP contribution < -0.4 is 16.4 Å². The van der Waals surface area contributed by atoms with Crippen molar-refractivity contribution in [3.8, 4) is 0 Å². The highest BCUT2D eigenvalue weighted by atomic mass is 16.5. The Kier molecular flexibility index (Phi) is 8.29. The summed E-state index contributed by atoms with van der Waals surface area (Å²) in [6, 6.07) is 8.40. The van der Waals surface area contributed by atoms with E-state index in [4.69, 9.17) is 10.5 Å². The number of ether oxygens (including phenoxy) is 1. The number of alkyl carbamates (subject to hydrolysis) is 1. The van der Waals surface area contributed by atoms with Crippen molar-refractivity contribution >= 4 is 17.9 Å². The Balaban J connectivity index is 1.91. The molecule has 0 heterocycles. The van der Waals surface area contributed by atoms with Gasteiger partial charge >= 0.3 is 6.09 Å². The topological polar surface area (TPSA) is 111 Å². The summed E-state index contributed by atoms with van der Waals surface area (Å²) in [4.78, 5) is 36.6. The Morgan fingerprint density at radius 3 is 2.46 bits per heavy atom. The van der Waals surface area contributed by atoms with Crippen molar-refractivity contribution in [2.45, 2.75) is 64.6 Å². The maximum absolute atomic E-state index is 12.8. The molecule has 0 unspecified atom stereocenters. The molecule has 1 aliphatic carbocycles. The van der Waals surface area contributed by atoms with Crippen LogP contribution in [0.15, 0.2) is 30.3 Å². The number of carbonyl (C=O) groups excluding carboxylic acids is 3. The van der Waals surface area contributed by atoms with E-state index in [1.807, 2.05) is 44.2 Å². The predicted octanol–water partition coefficient (Wildman–Crippen LogP) is 2.49. The van der Waals surface area contributed by atoms with E-state index in [1.54, 1.807) is 0 Å². The van der Waals surface area contributed by atoms with Gasteiger partial charge in [0.25, 0.3) is 0 Å². The van der Waals surface area contributed by atoms with Crippen LogP contribution in [0.3, 0.4) is 0 Å². The van der Waals surface area contributed by atoms with E-state index < -0.39 is 24.0 Å². The number of rotatable bonds is 8. The van der Waals surface area contributed by atoms with Gasteiger partial charge in [0.15, 0.2) is 0 Å². The molecular formula is C21H31N3O4. The van der Waals surface area contributed by atoms with Gasteiger partial charge < -0.3 is 21.1 Å². The van der Waals surface area contributed by atoms with Gasteiger partial charge in [0.2, 0.25) is 11.8 Å². The number of amides is 3. The minimum atomic E-state index is -0.694. The lowest BCUT2D eigenvalue weighted by Crippen LogP contribution is -2.53. The van der Waals surface area contributed by atoms with Gasteiger partial charge in [-0.05, 0) is 30.7 Å². The largest absolute Gasteiger partial charge is 0.445 e. The molecule has 1 aromatic carbocycles. The van der Waals surface area contributed by atoms with Crippen LogP contribution in [0.25, 0.3) is 0 Å². The Morgan fingerprint density at radius 1 is 1.14 bits per heavy atom. The summed E-state index contributed by atoms with van der Waals surface area (Å²) in [5, 5.41) is 5.60. The molecule has 1 saturated carbocycles. The highest BCUT2D eigenvalue weighted by molar-refractivity contribution is 5.88. The number of nitrogens with two attached hydrogens (primary N) is 1. The smallest absolute Gasteiger partial charge is 0.407 e. The molecule has 0 saturated heterocycles. The van der Waals surface area contributed by atoms with E-state index in [0.29, 0.717) is 19.3 Å². The average Bonchev–Trinajstić information content (AvgIpc) is 2.66. The molecule has 7 heteroatoms. The Hall–Kier alpha value is -2.57. The lowest BCUT2D eigenvalue weighted by molar-refractivity contribution is -0.131. The Labute approximate surface area is 166 Å². The molecule has 3 atom stereocenters. The van der Waals surface area contributed by atoms with Crippen molar-refractivity contribution in [2.24, 2.45) is 17.6 Å². The number of primary amides is 1. The number of carbonyl (C=O) groups is 3. The number of hydrogen-bond donors (Lipinski definition) is 3. The Morgan fingerprint density at radius 2 is 1.82 bits per heavy atom. The maximum atomic E-state index is 12.8. The van der Waals surface area contributed by atoms with Gasteiger partial charge in [-0.15, -0.1) is 0 Å². The lowest BCUT2D eigenvalue weighted by atomic mass is 9.83. The standard InChI is InChI=1S/C21H31N3O4/c1-14(2)12-18(19(22)25)23-20(26)16-10-6-7-11-17(16)24-21(27)28-13-15-8-4-3-5-9-15/h3-5,8-9,14,16-18H,6-7,10-13H2,1-2H3,(H2,22,25)(H,23,26)(H,24,27)/t16-,17+,18+/m1/s1. The number of nitrogens with one attached hydrogen (secondary N) is 2. The van der Waals surface area contributed by atoms with Crippen LogP contribution in [0, 0.1) is 11.8 Å². The molecule has 4 N–H and O–H groups in total. The van der Waals surface area contributed by atoms with Crippen LogP contribution in [0.5, 0.6) is 0 Å². The molecular weight excluding hydrogens is 358 g/mol. The second kappa shape index (κ2) is 10.7. The van der Waals surface area contributed by atoms with Crippen LogP contribution in [-0.4, -0.2) is 30.0 Å². The summed E-state index contributed by atoms with van der Waals surface area (Å²) in [5.41, 5.74) is 6.33. The molecule has 1 aromatic rings. The maximum Gasteiger partial charge on any atom is 0.407 e. The highest BCUT2D eigenvalue weighted by Crippen LogP contribution is 2.25. The zero-order valence-electron chi connectivity index (χ0n) is 16.6. The third kappa shape index (κ3) is 6.87. The van der Waals surface area contributed by atoms with Crippen LogP contribution >= 0.6 is 0 Å². The van der Waals surface area contributed by atoms with Crippen molar-refractivity contribution in [3.05, 3.63) is 35.9 Å². The first-order valence-electron chi connectivity index (χ1n) is 9.93. The molecule has 2 rings (SSSR count). The van der Waals surface area contributed by atoms with Crippen molar-refractivity contribution in [2.75, 3.05) is 0 Å². The molecule has 0 spiro atoms. The van der Waals surface area contributed by atoms with E-state index >= 15 is 0 Å². The van der Waals surface area contributed by atoms with Crippen LogP contribution in [0.2, 0.25) is 0 Å². The summed E-state index contributed by atoms with van der Waals surface area (Å²) >= 11 is 0. The third-order valence-electron chi connectivity index (χ3n) is 4.99. The quantitative estimate of drug-likeness (QED) is 0.634. The van der Waals surface area contributed by atoms with Crippen LogP contribution in [0.1, 0.15) is 51.5 Å². The van der Waals surface area contributed by atoms with Crippen molar-refractivity contribution in [1.29, 1.82) is 0 Å². The van der Waals surface area contributed by atoms with Gasteiger partial charge in [0, 0.05) is 6.04 Å². The third-order valence-corrected chi connectivity index (χ3v) is 4.99. The van der Waals surface area contributed by atoms with Gasteiger partial charge in [-0.2, -0.15) is 0 Å². The molecule has 3 amide bonds. The first kappa shape index (κ1) is 21.7. The number of hydrogen-bond acceptors (Lipinski definition) is 4. The average molecular weight is 389 g/mol. The van der Waals surface area contributed by atoms with Crippen LogP contribution in [-0.2, 0) is 20.9 Å². The van der Waals surface area contributed by atoms with Gasteiger partial charge in [0.1, 0.15) is 12.6 Å². The molecule has 0 aliphatic heterocycles. The Bertz CT molecular complexity index is 663. The van der Waals surface area contributed by atoms with Gasteiger partial charge in [-0.25, -0.2) is 4.79 Å². The molecule has 1 fully saturated rings. The summed E-state index contributed by atoms with van der Waals surface area (Å²) < 4.78 is 5.27. The second-order valence-electron chi connectivity index (χ2n) is 7.80. The molecule has 28 heavy (non-hydrogen) atoms. The van der Waals surface area contributed by atoms with Crippen molar-refractivity contribution < 1.29 is 19.1 Å². The fraction of sp³-hybridized carbons (Fsp3) is 0.571. The van der Waals surface area contributed by atoms with E-state index in [-0.39, 0.29) is 24.5 Å². The van der Waals surface area contributed by atoms with Crippen LogP contribution in [0.4, 0.5) is 4.79 Å². The fourth-order valence-electron chi connectivity index (χ4n) is 3.53. The first-order valence-corrected chi connectivity index (χ1v) is 9.93. The lowest BCUT2D eigenvalue weighted by Gasteiger charge is -2.32. The van der Waals surface area contributed by atoms with Gasteiger partial charge in [0.05, 0.1) is 5.92 Å². The summed E-state index contributed by atoms with van der Waals surface area (Å²) in [5.74, 6) is -0.944. The van der Waals surface area contributed by atoms with E-state index in [1.165, 1.54) is 0 Å². The van der Waals surface area contributed by atoms with E-state index in [9.17, 15) is 14.4 Å². The van der Waals surface area contributed by atoms with Crippen molar-refractivity contribution in [1.82, 2.24) is 10.6 Å². The zero-order chi connectivity index (χ0) is 20.5. The molecule has 154 valence electrons. The molecule has 0 bridgehead atoms. The highest BCUT2D eigenvalue weighted by Gasteiger charge is 2.34. The van der Waals surface area contributed by atoms with Gasteiger partial charge in [-0.3, -0.25) is 9.59 Å². The van der Waals surface area contributed by atoms with Gasteiger partial charge in [-0.1, -0.05) is 57.0 Å². The predicted molar refractivity (Wildman–Crippen MR) is 106 cm³/mol. The summed E-state index contributed by atoms with van der Waals surface area (Å²) in [6.07, 6.45) is 3.14. The molecule has 0 radical (unpaired) electrons. The van der Waals surface area contributed by atoms with E-state index in [0.717, 1.165) is 18.4 Å². The van der Waals surface area contributed by atoms with E-state index in [2.05, 4.69) is 10.6 Å².